The average molecular weight is 299 g/mol. The Kier molecular flexibility index (Phi) is 6.45. The summed E-state index contributed by atoms with van der Waals surface area (Å²) in [7, 11) is 0. The highest BCUT2D eigenvalue weighted by molar-refractivity contribution is 5.84. The Morgan fingerprint density at radius 1 is 1.14 bits per heavy atom. The summed E-state index contributed by atoms with van der Waals surface area (Å²) in [5.41, 5.74) is -0.676. The monoisotopic (exact) mass is 299 g/mol. The van der Waals surface area contributed by atoms with Gasteiger partial charge in [0.1, 0.15) is 0 Å². The molecule has 0 atom stereocenters. The third-order valence-corrected chi connectivity index (χ3v) is 3.55. The van der Waals surface area contributed by atoms with Gasteiger partial charge in [-0.1, -0.05) is 26.7 Å². The van der Waals surface area contributed by atoms with E-state index in [1.165, 1.54) is 0 Å². The number of nitrogens with one attached hydrogen (secondary N) is 3. The van der Waals surface area contributed by atoms with Crippen LogP contribution in [0.5, 0.6) is 0 Å². The standard InChI is InChI=1S/C14H25N3O4/c1-10(2)8-15-11(18)9-16-13(21)17-14(7-12(19)20)5-3-4-6-14/h10H,3-9H2,1-2H3,(H,15,18)(H,19,20)(H2,16,17,21). The molecule has 0 bridgehead atoms. The van der Waals surface area contributed by atoms with Gasteiger partial charge in [0.05, 0.1) is 18.5 Å². The molecule has 7 nitrogen and oxygen atoms in total. The molecular formula is C14H25N3O4. The van der Waals surface area contributed by atoms with E-state index in [2.05, 4.69) is 16.0 Å². The van der Waals surface area contributed by atoms with Crippen molar-refractivity contribution in [3.63, 3.8) is 0 Å². The number of urea groups is 1. The normalized spacial score (nSPS) is 16.5. The molecule has 0 aromatic carbocycles. The quantitative estimate of drug-likeness (QED) is 0.559. The third kappa shape index (κ3) is 6.46. The van der Waals surface area contributed by atoms with Crippen molar-refractivity contribution >= 4 is 17.9 Å². The Hall–Kier alpha value is -1.79. The van der Waals surface area contributed by atoms with Crippen LogP contribution in [0.2, 0.25) is 0 Å². The van der Waals surface area contributed by atoms with Gasteiger partial charge in [0.15, 0.2) is 0 Å². The maximum Gasteiger partial charge on any atom is 0.315 e. The summed E-state index contributed by atoms with van der Waals surface area (Å²) in [5, 5.41) is 16.9. The van der Waals surface area contributed by atoms with Crippen LogP contribution in [0.25, 0.3) is 0 Å². The predicted octanol–water partition coefficient (Wildman–Crippen LogP) is 0.845. The zero-order valence-corrected chi connectivity index (χ0v) is 12.7. The molecule has 0 spiro atoms. The molecule has 0 unspecified atom stereocenters. The van der Waals surface area contributed by atoms with Crippen LogP contribution in [-0.2, 0) is 9.59 Å². The number of carboxylic acids is 1. The van der Waals surface area contributed by atoms with Crippen LogP contribution >= 0.6 is 0 Å². The molecule has 0 radical (unpaired) electrons. The van der Waals surface area contributed by atoms with Crippen LogP contribution in [0.4, 0.5) is 4.79 Å². The van der Waals surface area contributed by atoms with Crippen LogP contribution in [-0.4, -0.2) is 41.6 Å². The molecule has 1 fully saturated rings. The highest BCUT2D eigenvalue weighted by Crippen LogP contribution is 2.32. The lowest BCUT2D eigenvalue weighted by atomic mass is 9.93. The van der Waals surface area contributed by atoms with E-state index in [-0.39, 0.29) is 18.9 Å². The summed E-state index contributed by atoms with van der Waals surface area (Å²) >= 11 is 0. The summed E-state index contributed by atoms with van der Waals surface area (Å²) in [6.45, 7) is 4.42. The molecule has 0 heterocycles. The molecule has 1 saturated carbocycles. The Morgan fingerprint density at radius 2 is 1.76 bits per heavy atom. The minimum absolute atomic E-state index is 0.0834. The van der Waals surface area contributed by atoms with Crippen molar-refractivity contribution in [3.05, 3.63) is 0 Å². The van der Waals surface area contributed by atoms with E-state index < -0.39 is 17.5 Å². The second-order valence-electron chi connectivity index (χ2n) is 6.06. The SMILES string of the molecule is CC(C)CNC(=O)CNC(=O)NC1(CC(=O)O)CCCC1. The molecule has 0 saturated heterocycles. The van der Waals surface area contributed by atoms with Crippen LogP contribution in [0, 0.1) is 5.92 Å². The molecule has 0 aromatic rings. The van der Waals surface area contributed by atoms with Gasteiger partial charge in [0, 0.05) is 6.54 Å². The molecule has 3 amide bonds. The molecule has 21 heavy (non-hydrogen) atoms. The van der Waals surface area contributed by atoms with Gasteiger partial charge in [-0.25, -0.2) is 4.79 Å². The third-order valence-electron chi connectivity index (χ3n) is 3.55. The van der Waals surface area contributed by atoms with Gasteiger partial charge < -0.3 is 21.1 Å². The summed E-state index contributed by atoms with van der Waals surface area (Å²) < 4.78 is 0. The second-order valence-corrected chi connectivity index (χ2v) is 6.06. The Morgan fingerprint density at radius 3 is 2.29 bits per heavy atom. The highest BCUT2D eigenvalue weighted by Gasteiger charge is 2.37. The lowest BCUT2D eigenvalue weighted by molar-refractivity contribution is -0.138. The Bertz CT molecular complexity index is 390. The van der Waals surface area contributed by atoms with E-state index in [1.54, 1.807) is 0 Å². The van der Waals surface area contributed by atoms with E-state index >= 15 is 0 Å². The van der Waals surface area contributed by atoms with E-state index in [0.717, 1.165) is 12.8 Å². The highest BCUT2D eigenvalue weighted by atomic mass is 16.4. The molecule has 1 rings (SSSR count). The minimum Gasteiger partial charge on any atom is -0.481 e. The molecule has 120 valence electrons. The zero-order valence-electron chi connectivity index (χ0n) is 12.7. The lowest BCUT2D eigenvalue weighted by Gasteiger charge is -2.28. The molecule has 1 aliphatic rings. The number of hydrogen-bond acceptors (Lipinski definition) is 3. The van der Waals surface area contributed by atoms with Crippen LogP contribution in [0.3, 0.4) is 0 Å². The lowest BCUT2D eigenvalue weighted by Crippen LogP contribution is -2.53. The average Bonchev–Trinajstić information content (AvgIpc) is 2.81. The summed E-state index contributed by atoms with van der Waals surface area (Å²) in [4.78, 5) is 34.3. The molecule has 1 aliphatic carbocycles. The van der Waals surface area contributed by atoms with Gasteiger partial charge in [0.2, 0.25) is 5.91 Å². The number of amides is 3. The van der Waals surface area contributed by atoms with Crippen LogP contribution < -0.4 is 16.0 Å². The topological polar surface area (TPSA) is 108 Å². The molecular weight excluding hydrogens is 274 g/mol. The van der Waals surface area contributed by atoms with Crippen molar-refractivity contribution < 1.29 is 19.5 Å². The summed E-state index contributed by atoms with van der Waals surface area (Å²) in [6, 6.07) is -0.488. The number of hydrogen-bond donors (Lipinski definition) is 4. The van der Waals surface area contributed by atoms with E-state index in [4.69, 9.17) is 5.11 Å². The number of carbonyl (C=O) groups is 3. The minimum atomic E-state index is -0.924. The van der Waals surface area contributed by atoms with E-state index in [9.17, 15) is 14.4 Å². The van der Waals surface area contributed by atoms with Gasteiger partial charge in [-0.05, 0) is 18.8 Å². The Balaban J connectivity index is 2.37. The van der Waals surface area contributed by atoms with Crippen LogP contribution in [0.1, 0.15) is 46.0 Å². The fraction of sp³-hybridized carbons (Fsp3) is 0.786. The van der Waals surface area contributed by atoms with Crippen molar-refractivity contribution in [1.82, 2.24) is 16.0 Å². The largest absolute Gasteiger partial charge is 0.481 e. The molecule has 0 aromatic heterocycles. The Labute approximate surface area is 124 Å². The first kappa shape index (κ1) is 17.3. The fourth-order valence-corrected chi connectivity index (χ4v) is 2.51. The fourth-order valence-electron chi connectivity index (χ4n) is 2.51. The van der Waals surface area contributed by atoms with Crippen molar-refractivity contribution in [1.29, 1.82) is 0 Å². The maximum absolute atomic E-state index is 11.8. The first-order valence-corrected chi connectivity index (χ1v) is 7.37. The number of carbonyl (C=O) groups excluding carboxylic acids is 2. The zero-order chi connectivity index (χ0) is 15.9. The number of aliphatic carboxylic acids is 1. The maximum atomic E-state index is 11.8. The molecule has 0 aliphatic heterocycles. The molecule has 4 N–H and O–H groups in total. The predicted molar refractivity (Wildman–Crippen MR) is 77.8 cm³/mol. The summed E-state index contributed by atoms with van der Waals surface area (Å²) in [5.74, 6) is -0.829. The van der Waals surface area contributed by atoms with Gasteiger partial charge >= 0.3 is 12.0 Å². The van der Waals surface area contributed by atoms with Gasteiger partial charge in [-0.15, -0.1) is 0 Å². The van der Waals surface area contributed by atoms with Gasteiger partial charge in [-0.2, -0.15) is 0 Å². The number of rotatable bonds is 7. The van der Waals surface area contributed by atoms with Gasteiger partial charge in [0.25, 0.3) is 0 Å². The van der Waals surface area contributed by atoms with E-state index in [0.29, 0.717) is 25.3 Å². The number of carboxylic acid groups (broad SMARTS) is 1. The van der Waals surface area contributed by atoms with Crippen molar-refractivity contribution in [3.8, 4) is 0 Å². The smallest absolute Gasteiger partial charge is 0.315 e. The van der Waals surface area contributed by atoms with Crippen LogP contribution in [0.15, 0.2) is 0 Å². The van der Waals surface area contributed by atoms with E-state index in [1.807, 2.05) is 13.8 Å². The second kappa shape index (κ2) is 7.85. The van der Waals surface area contributed by atoms with Crippen molar-refractivity contribution in [2.75, 3.05) is 13.1 Å². The van der Waals surface area contributed by atoms with Gasteiger partial charge in [-0.3, -0.25) is 9.59 Å². The van der Waals surface area contributed by atoms with Crippen molar-refractivity contribution in [2.45, 2.75) is 51.5 Å². The first-order chi connectivity index (χ1) is 9.83. The summed E-state index contributed by atoms with van der Waals surface area (Å²) in [6.07, 6.45) is 3.05. The van der Waals surface area contributed by atoms with Crippen molar-refractivity contribution in [2.24, 2.45) is 5.92 Å². The first-order valence-electron chi connectivity index (χ1n) is 7.37. The molecule has 7 heteroatoms.